The Morgan fingerprint density at radius 1 is 1.00 bits per heavy atom. The van der Waals surface area contributed by atoms with Crippen LogP contribution in [0.1, 0.15) is 18.4 Å². The summed E-state index contributed by atoms with van der Waals surface area (Å²) in [4.78, 5) is 2.47. The number of benzene rings is 2. The van der Waals surface area contributed by atoms with Crippen molar-refractivity contribution in [3.8, 4) is 0 Å². The highest BCUT2D eigenvalue weighted by Crippen LogP contribution is 2.31. The van der Waals surface area contributed by atoms with Gasteiger partial charge in [0.05, 0.1) is 19.8 Å². The van der Waals surface area contributed by atoms with E-state index in [1.54, 1.807) is 0 Å². The SMILES string of the molecule is c1ccc2c(CN3CCCC4(C3)OCCO4)cccc2c1. The van der Waals surface area contributed by atoms with E-state index in [-0.39, 0.29) is 5.79 Å². The Morgan fingerprint density at radius 2 is 1.81 bits per heavy atom. The van der Waals surface area contributed by atoms with Crippen LogP contribution >= 0.6 is 0 Å². The lowest BCUT2D eigenvalue weighted by Crippen LogP contribution is -2.48. The summed E-state index contributed by atoms with van der Waals surface area (Å²) in [5, 5.41) is 2.67. The number of hydrogen-bond donors (Lipinski definition) is 0. The minimum absolute atomic E-state index is 0.331. The van der Waals surface area contributed by atoms with Gasteiger partial charge in [0.25, 0.3) is 0 Å². The molecule has 110 valence electrons. The molecule has 2 aromatic carbocycles. The molecule has 2 saturated heterocycles. The Hall–Kier alpha value is -1.42. The summed E-state index contributed by atoms with van der Waals surface area (Å²) in [6.07, 6.45) is 2.17. The molecule has 0 aromatic heterocycles. The number of hydrogen-bond acceptors (Lipinski definition) is 3. The van der Waals surface area contributed by atoms with E-state index in [4.69, 9.17) is 9.47 Å². The normalized spacial score (nSPS) is 22.1. The van der Waals surface area contributed by atoms with E-state index in [9.17, 15) is 0 Å². The number of rotatable bonds is 2. The largest absolute Gasteiger partial charge is 0.346 e. The molecule has 3 heteroatoms. The highest BCUT2D eigenvalue weighted by molar-refractivity contribution is 5.85. The molecule has 0 saturated carbocycles. The average Bonchev–Trinajstić information content (AvgIpc) is 2.95. The quantitative estimate of drug-likeness (QED) is 0.845. The van der Waals surface area contributed by atoms with Crippen LogP contribution in [0, 0.1) is 0 Å². The van der Waals surface area contributed by atoms with E-state index < -0.39 is 0 Å². The summed E-state index contributed by atoms with van der Waals surface area (Å²) in [5.74, 6) is -0.331. The third kappa shape index (κ3) is 2.57. The van der Waals surface area contributed by atoms with Crippen molar-refractivity contribution < 1.29 is 9.47 Å². The average molecular weight is 283 g/mol. The van der Waals surface area contributed by atoms with Crippen LogP contribution in [0.15, 0.2) is 42.5 Å². The van der Waals surface area contributed by atoms with Crippen LogP contribution in [-0.4, -0.2) is 37.0 Å². The van der Waals surface area contributed by atoms with Crippen molar-refractivity contribution in [2.45, 2.75) is 25.2 Å². The number of likely N-dealkylation sites (tertiary alicyclic amines) is 1. The molecule has 0 aliphatic carbocycles. The Kier molecular flexibility index (Phi) is 3.42. The zero-order valence-corrected chi connectivity index (χ0v) is 12.3. The minimum Gasteiger partial charge on any atom is -0.346 e. The van der Waals surface area contributed by atoms with Crippen LogP contribution < -0.4 is 0 Å². The van der Waals surface area contributed by atoms with E-state index in [2.05, 4.69) is 47.4 Å². The fraction of sp³-hybridized carbons (Fsp3) is 0.444. The van der Waals surface area contributed by atoms with Gasteiger partial charge in [-0.25, -0.2) is 0 Å². The summed E-state index contributed by atoms with van der Waals surface area (Å²) in [6.45, 7) is 4.45. The van der Waals surface area contributed by atoms with Crippen molar-refractivity contribution in [2.24, 2.45) is 0 Å². The monoisotopic (exact) mass is 283 g/mol. The van der Waals surface area contributed by atoms with Crippen molar-refractivity contribution in [2.75, 3.05) is 26.3 Å². The molecule has 3 nitrogen and oxygen atoms in total. The van der Waals surface area contributed by atoms with E-state index in [0.717, 1.165) is 45.7 Å². The molecule has 0 amide bonds. The first kappa shape index (κ1) is 13.3. The van der Waals surface area contributed by atoms with Gasteiger partial charge >= 0.3 is 0 Å². The standard InChI is InChI=1S/C18H21NO2/c1-2-8-17-15(5-1)6-3-7-16(17)13-19-10-4-9-18(14-19)20-11-12-21-18/h1-3,5-8H,4,9-14H2. The summed E-state index contributed by atoms with van der Waals surface area (Å²) >= 11 is 0. The predicted molar refractivity (Wildman–Crippen MR) is 83.1 cm³/mol. The maximum absolute atomic E-state index is 5.87. The van der Waals surface area contributed by atoms with Gasteiger partial charge in [-0.2, -0.15) is 0 Å². The molecule has 2 heterocycles. The lowest BCUT2D eigenvalue weighted by molar-refractivity contribution is -0.190. The predicted octanol–water partition coefficient (Wildman–Crippen LogP) is 3.18. The fourth-order valence-corrected chi connectivity index (χ4v) is 3.61. The second-order valence-electron chi connectivity index (χ2n) is 6.06. The Labute approximate surface area is 125 Å². The highest BCUT2D eigenvalue weighted by atomic mass is 16.7. The van der Waals surface area contributed by atoms with Crippen molar-refractivity contribution in [3.05, 3.63) is 48.0 Å². The lowest BCUT2D eigenvalue weighted by Gasteiger charge is -2.38. The van der Waals surface area contributed by atoms with Gasteiger partial charge in [0.2, 0.25) is 0 Å². The van der Waals surface area contributed by atoms with Gasteiger partial charge in [-0.05, 0) is 29.3 Å². The molecule has 0 atom stereocenters. The molecule has 2 fully saturated rings. The molecule has 4 rings (SSSR count). The first-order valence-corrected chi connectivity index (χ1v) is 7.82. The van der Waals surface area contributed by atoms with Gasteiger partial charge in [-0.15, -0.1) is 0 Å². The Balaban J connectivity index is 1.57. The number of piperidine rings is 1. The minimum atomic E-state index is -0.331. The first-order valence-electron chi connectivity index (χ1n) is 7.82. The molecular weight excluding hydrogens is 262 g/mol. The van der Waals surface area contributed by atoms with Gasteiger partial charge in [0, 0.05) is 13.0 Å². The van der Waals surface area contributed by atoms with Crippen LogP contribution in [0.4, 0.5) is 0 Å². The van der Waals surface area contributed by atoms with E-state index in [0.29, 0.717) is 0 Å². The van der Waals surface area contributed by atoms with Gasteiger partial charge in [0.15, 0.2) is 5.79 Å². The molecule has 2 aliphatic heterocycles. The Bertz CT molecular complexity index is 629. The van der Waals surface area contributed by atoms with Crippen molar-refractivity contribution >= 4 is 10.8 Å². The number of nitrogens with zero attached hydrogens (tertiary/aromatic N) is 1. The maximum atomic E-state index is 5.87. The molecule has 0 unspecified atom stereocenters. The van der Waals surface area contributed by atoms with Crippen LogP contribution in [0.5, 0.6) is 0 Å². The lowest BCUT2D eigenvalue weighted by atomic mass is 10.0. The summed E-state index contributed by atoms with van der Waals surface area (Å²) < 4.78 is 11.7. The highest BCUT2D eigenvalue weighted by Gasteiger charge is 2.40. The second-order valence-corrected chi connectivity index (χ2v) is 6.06. The second kappa shape index (κ2) is 5.41. The smallest absolute Gasteiger partial charge is 0.181 e. The van der Waals surface area contributed by atoms with Crippen molar-refractivity contribution in [1.29, 1.82) is 0 Å². The first-order chi connectivity index (χ1) is 10.3. The summed E-state index contributed by atoms with van der Waals surface area (Å²) in [6, 6.07) is 15.2. The summed E-state index contributed by atoms with van der Waals surface area (Å²) in [7, 11) is 0. The Morgan fingerprint density at radius 3 is 2.71 bits per heavy atom. The third-order valence-electron chi connectivity index (χ3n) is 4.58. The molecule has 0 N–H and O–H groups in total. The van der Waals surface area contributed by atoms with E-state index >= 15 is 0 Å². The van der Waals surface area contributed by atoms with Crippen molar-refractivity contribution in [1.82, 2.24) is 4.90 Å². The van der Waals surface area contributed by atoms with Crippen LogP contribution in [-0.2, 0) is 16.0 Å². The molecular formula is C18H21NO2. The fourth-order valence-electron chi connectivity index (χ4n) is 3.61. The number of fused-ring (bicyclic) bond motifs is 1. The molecule has 0 bridgehead atoms. The zero-order chi connectivity index (χ0) is 14.1. The van der Waals surface area contributed by atoms with Crippen LogP contribution in [0.3, 0.4) is 0 Å². The topological polar surface area (TPSA) is 21.7 Å². The van der Waals surface area contributed by atoms with Crippen LogP contribution in [0.2, 0.25) is 0 Å². The molecule has 2 aliphatic rings. The molecule has 0 radical (unpaired) electrons. The van der Waals surface area contributed by atoms with Gasteiger partial charge in [-0.1, -0.05) is 42.5 Å². The maximum Gasteiger partial charge on any atom is 0.181 e. The molecule has 2 aromatic rings. The zero-order valence-electron chi connectivity index (χ0n) is 12.3. The van der Waals surface area contributed by atoms with Gasteiger partial charge in [-0.3, -0.25) is 4.90 Å². The van der Waals surface area contributed by atoms with E-state index in [1.165, 1.54) is 16.3 Å². The van der Waals surface area contributed by atoms with Gasteiger partial charge in [0.1, 0.15) is 0 Å². The van der Waals surface area contributed by atoms with E-state index in [1.807, 2.05) is 0 Å². The van der Waals surface area contributed by atoms with Crippen LogP contribution in [0.25, 0.3) is 10.8 Å². The summed E-state index contributed by atoms with van der Waals surface area (Å²) in [5.41, 5.74) is 1.39. The number of ether oxygens (including phenoxy) is 2. The molecule has 1 spiro atoms. The molecule has 21 heavy (non-hydrogen) atoms. The van der Waals surface area contributed by atoms with Gasteiger partial charge < -0.3 is 9.47 Å². The third-order valence-corrected chi connectivity index (χ3v) is 4.58. The van der Waals surface area contributed by atoms with Crippen molar-refractivity contribution in [3.63, 3.8) is 0 Å².